The number of aryl methyl sites for hydroxylation is 1. The molecule has 0 bridgehead atoms. The lowest BCUT2D eigenvalue weighted by Crippen LogP contribution is -2.23. The van der Waals surface area contributed by atoms with Crippen LogP contribution in [0.5, 0.6) is 0 Å². The van der Waals surface area contributed by atoms with Crippen LogP contribution in [0.4, 0.5) is 11.6 Å². The standard InChI is InChI=1S/C20H28N10O8P2S2/c1-34-11(2-3-29-9-27-14-16(21)23-7-25-18(14)29)5-36-40(33,42)38-13-4-12(6-35-39(31,32)41)37-20(13)30-10-28-15-17(22)24-8-26-19(15)30/h7-13,20H,2-6H2,1H3,(H,33,42)(H2,21,23,25)(H2,22,24,26)(H2,31,32,41)/t11-,12-,13+,20+,40?/m0/s1. The number of hydrogen-bond acceptors (Lipinski definition) is 15. The zero-order valence-corrected chi connectivity index (χ0v) is 25.6. The molecule has 5 rings (SSSR count). The maximum Gasteiger partial charge on any atom is 0.386 e. The fourth-order valence-corrected chi connectivity index (χ4v) is 6.46. The molecule has 1 aliphatic rings. The molecule has 4 aromatic rings. The number of ether oxygens (including phenoxy) is 2. The Morgan fingerprint density at radius 3 is 2.40 bits per heavy atom. The lowest BCUT2D eigenvalue weighted by atomic mass is 10.2. The Bertz CT molecular complexity index is 1650. The number of hydrogen-bond donors (Lipinski definition) is 5. The Kier molecular flexibility index (Phi) is 9.39. The van der Waals surface area contributed by atoms with E-state index in [2.05, 4.69) is 54.4 Å². The number of anilines is 2. The van der Waals surface area contributed by atoms with Gasteiger partial charge in [0.05, 0.1) is 38.1 Å². The number of nitrogens with two attached hydrogens (primary N) is 2. The molecule has 22 heteroatoms. The SMILES string of the molecule is CO[C@@H](CCn1cnc2c(N)ncnc21)COP(=O)(S)O[C@@H]1C[C@@H](COP(=O)(O)S)O[C@H]1n1cnc2c(N)ncnc21. The maximum atomic E-state index is 13.4. The fraction of sp³-hybridized carbons (Fsp3) is 0.500. The smallest absolute Gasteiger partial charge is 0.382 e. The van der Waals surface area contributed by atoms with Crippen molar-refractivity contribution < 1.29 is 37.1 Å². The molecular formula is C20H28N10O8P2S2. The third-order valence-corrected chi connectivity index (χ3v) is 8.86. The van der Waals surface area contributed by atoms with E-state index in [1.807, 2.05) is 0 Å². The van der Waals surface area contributed by atoms with Crippen molar-refractivity contribution in [3.63, 3.8) is 0 Å². The molecule has 6 atom stereocenters. The molecule has 1 fully saturated rings. The fourth-order valence-electron chi connectivity index (χ4n) is 4.39. The van der Waals surface area contributed by atoms with Gasteiger partial charge in [0.2, 0.25) is 0 Å². The Morgan fingerprint density at radius 1 is 1.05 bits per heavy atom. The minimum atomic E-state index is -4.08. The first-order valence-electron chi connectivity index (χ1n) is 12.3. The number of nitrogens with zero attached hydrogens (tertiary/aromatic N) is 8. The lowest BCUT2D eigenvalue weighted by molar-refractivity contribution is -0.0434. The van der Waals surface area contributed by atoms with Crippen LogP contribution < -0.4 is 11.5 Å². The van der Waals surface area contributed by atoms with E-state index < -0.39 is 38.1 Å². The Morgan fingerprint density at radius 2 is 1.71 bits per heavy atom. The summed E-state index contributed by atoms with van der Waals surface area (Å²) in [5.74, 6) is 0.427. The van der Waals surface area contributed by atoms with Crippen molar-refractivity contribution in [3.05, 3.63) is 25.3 Å². The number of imidazole rings is 2. The summed E-state index contributed by atoms with van der Waals surface area (Å²) in [5.41, 5.74) is 13.5. The summed E-state index contributed by atoms with van der Waals surface area (Å²) in [6.07, 6.45) is 3.07. The number of aromatic nitrogens is 8. The molecule has 1 aliphatic heterocycles. The first-order chi connectivity index (χ1) is 19.9. The van der Waals surface area contributed by atoms with E-state index in [0.29, 0.717) is 35.3 Å². The molecule has 0 aromatic carbocycles. The lowest BCUT2D eigenvalue weighted by Gasteiger charge is -2.24. The molecule has 0 amide bonds. The highest BCUT2D eigenvalue weighted by atomic mass is 32.7. The second-order valence-electron chi connectivity index (χ2n) is 9.18. The van der Waals surface area contributed by atoms with Crippen LogP contribution in [0.3, 0.4) is 0 Å². The number of fused-ring (bicyclic) bond motifs is 2. The molecule has 5 N–H and O–H groups in total. The van der Waals surface area contributed by atoms with E-state index in [9.17, 15) is 14.0 Å². The summed E-state index contributed by atoms with van der Waals surface area (Å²) in [7, 11) is 1.49. The van der Waals surface area contributed by atoms with Gasteiger partial charge in [0.25, 0.3) is 0 Å². The molecular weight excluding hydrogens is 634 g/mol. The second kappa shape index (κ2) is 12.7. The van der Waals surface area contributed by atoms with Crippen LogP contribution in [0, 0.1) is 0 Å². The molecule has 1 saturated heterocycles. The minimum absolute atomic E-state index is 0.0962. The quantitative estimate of drug-likeness (QED) is 0.102. The van der Waals surface area contributed by atoms with Crippen molar-refractivity contribution in [2.24, 2.45) is 0 Å². The number of thiol groups is 2. The average molecular weight is 663 g/mol. The van der Waals surface area contributed by atoms with Crippen LogP contribution in [-0.2, 0) is 38.7 Å². The summed E-state index contributed by atoms with van der Waals surface area (Å²) in [4.78, 5) is 34.2. The van der Waals surface area contributed by atoms with Gasteiger partial charge in [-0.25, -0.2) is 39.0 Å². The Labute approximate surface area is 248 Å². The van der Waals surface area contributed by atoms with Crippen LogP contribution in [0.25, 0.3) is 22.3 Å². The van der Waals surface area contributed by atoms with E-state index in [4.69, 9.17) is 34.5 Å². The van der Waals surface area contributed by atoms with Crippen molar-refractivity contribution in [2.45, 2.75) is 43.9 Å². The van der Waals surface area contributed by atoms with Crippen LogP contribution in [0.2, 0.25) is 0 Å². The van der Waals surface area contributed by atoms with Crippen molar-refractivity contribution in [2.75, 3.05) is 31.8 Å². The van der Waals surface area contributed by atoms with Gasteiger partial charge in [-0.2, -0.15) is 0 Å². The van der Waals surface area contributed by atoms with Crippen molar-refractivity contribution in [1.82, 2.24) is 39.0 Å². The van der Waals surface area contributed by atoms with Gasteiger partial charge in [0.1, 0.15) is 29.8 Å². The highest BCUT2D eigenvalue weighted by Crippen LogP contribution is 2.57. The molecule has 42 heavy (non-hydrogen) atoms. The summed E-state index contributed by atoms with van der Waals surface area (Å²) in [6, 6.07) is 0. The van der Waals surface area contributed by atoms with Gasteiger partial charge in [-0.15, -0.1) is 0 Å². The number of nitrogen functional groups attached to an aromatic ring is 2. The van der Waals surface area contributed by atoms with Gasteiger partial charge in [0, 0.05) is 20.1 Å². The molecule has 0 aliphatic carbocycles. The van der Waals surface area contributed by atoms with Gasteiger partial charge < -0.3 is 30.4 Å². The van der Waals surface area contributed by atoms with E-state index in [0.717, 1.165) is 0 Å². The zero-order chi connectivity index (χ0) is 30.1. The van der Waals surface area contributed by atoms with E-state index in [1.165, 1.54) is 30.7 Å². The summed E-state index contributed by atoms with van der Waals surface area (Å²) < 4.78 is 56.1. The molecule has 0 spiro atoms. The topological polar surface area (TPSA) is 240 Å². The monoisotopic (exact) mass is 662 g/mol. The van der Waals surface area contributed by atoms with Gasteiger partial charge >= 0.3 is 13.6 Å². The largest absolute Gasteiger partial charge is 0.386 e. The van der Waals surface area contributed by atoms with Gasteiger partial charge in [0.15, 0.2) is 29.2 Å². The predicted octanol–water partition coefficient (Wildman–Crippen LogP) is 2.01. The Balaban J connectivity index is 1.26. The zero-order valence-electron chi connectivity index (χ0n) is 22.0. The second-order valence-corrected chi connectivity index (χ2v) is 14.8. The highest BCUT2D eigenvalue weighted by Gasteiger charge is 2.43. The molecule has 228 valence electrons. The van der Waals surface area contributed by atoms with Crippen LogP contribution in [0.15, 0.2) is 25.3 Å². The number of methoxy groups -OCH3 is 1. The molecule has 0 saturated carbocycles. The van der Waals surface area contributed by atoms with Crippen molar-refractivity contribution in [3.8, 4) is 0 Å². The number of rotatable bonds is 13. The van der Waals surface area contributed by atoms with Crippen LogP contribution >= 0.6 is 38.1 Å². The summed E-state index contributed by atoms with van der Waals surface area (Å²) >= 11 is 7.70. The maximum absolute atomic E-state index is 13.4. The van der Waals surface area contributed by atoms with E-state index in [1.54, 1.807) is 10.9 Å². The molecule has 18 nitrogen and oxygen atoms in total. The first kappa shape index (κ1) is 31.1. The summed E-state index contributed by atoms with van der Waals surface area (Å²) in [5, 5.41) is 0. The van der Waals surface area contributed by atoms with E-state index >= 15 is 0 Å². The molecule has 0 radical (unpaired) electrons. The Hall–Kier alpha value is -2.38. The van der Waals surface area contributed by atoms with Crippen LogP contribution in [0.1, 0.15) is 19.1 Å². The summed E-state index contributed by atoms with van der Waals surface area (Å²) in [6.45, 7) is -8.03. The first-order valence-corrected chi connectivity index (χ1v) is 17.7. The normalized spacial score (nSPS) is 22.8. The molecule has 5 heterocycles. The minimum Gasteiger partial charge on any atom is -0.382 e. The van der Waals surface area contributed by atoms with E-state index in [-0.39, 0.29) is 31.3 Å². The molecule has 4 aromatic heterocycles. The highest BCUT2D eigenvalue weighted by molar-refractivity contribution is 8.44. The third kappa shape index (κ3) is 7.21. The van der Waals surface area contributed by atoms with Gasteiger partial charge in [-0.1, -0.05) is 24.5 Å². The average Bonchev–Trinajstić information content (AvgIpc) is 3.65. The van der Waals surface area contributed by atoms with Crippen molar-refractivity contribution in [1.29, 1.82) is 0 Å². The molecule has 2 unspecified atom stereocenters. The van der Waals surface area contributed by atoms with Gasteiger partial charge in [-0.05, 0) is 6.42 Å². The predicted molar refractivity (Wildman–Crippen MR) is 156 cm³/mol. The third-order valence-electron chi connectivity index (χ3n) is 6.38. The van der Waals surface area contributed by atoms with Gasteiger partial charge in [-0.3, -0.25) is 18.1 Å². The van der Waals surface area contributed by atoms with Crippen molar-refractivity contribution >= 4 is 72.1 Å². The van der Waals surface area contributed by atoms with Crippen LogP contribution in [-0.4, -0.2) is 82.6 Å².